The Labute approximate surface area is 151 Å². The summed E-state index contributed by atoms with van der Waals surface area (Å²) >= 11 is 11.7. The SMILES string of the molecule is CN(CC(=O)Nc1ccc(Cl)c(Cl)c1)C(=O)CCc1ccccc1. The van der Waals surface area contributed by atoms with Gasteiger partial charge in [-0.2, -0.15) is 0 Å². The minimum Gasteiger partial charge on any atom is -0.336 e. The number of likely N-dealkylation sites (N-methyl/N-ethyl adjacent to an activating group) is 1. The summed E-state index contributed by atoms with van der Waals surface area (Å²) in [6, 6.07) is 14.6. The molecule has 24 heavy (non-hydrogen) atoms. The van der Waals surface area contributed by atoms with Crippen molar-refractivity contribution in [1.82, 2.24) is 4.90 Å². The van der Waals surface area contributed by atoms with Gasteiger partial charge in [0.15, 0.2) is 0 Å². The number of nitrogens with zero attached hydrogens (tertiary/aromatic N) is 1. The van der Waals surface area contributed by atoms with E-state index in [1.165, 1.54) is 4.90 Å². The van der Waals surface area contributed by atoms with Gasteiger partial charge < -0.3 is 10.2 Å². The van der Waals surface area contributed by atoms with Gasteiger partial charge in [0.2, 0.25) is 11.8 Å². The lowest BCUT2D eigenvalue weighted by Gasteiger charge is -2.17. The van der Waals surface area contributed by atoms with Crippen molar-refractivity contribution in [3.8, 4) is 0 Å². The Morgan fingerprint density at radius 1 is 1.04 bits per heavy atom. The third-order valence-electron chi connectivity index (χ3n) is 3.48. The Kier molecular flexibility index (Phi) is 6.64. The maximum Gasteiger partial charge on any atom is 0.243 e. The van der Waals surface area contributed by atoms with Crippen molar-refractivity contribution in [2.24, 2.45) is 0 Å². The summed E-state index contributed by atoms with van der Waals surface area (Å²) < 4.78 is 0. The number of benzene rings is 2. The van der Waals surface area contributed by atoms with Crippen LogP contribution in [0, 0.1) is 0 Å². The Balaban J connectivity index is 1.81. The molecule has 2 amide bonds. The lowest BCUT2D eigenvalue weighted by Crippen LogP contribution is -2.35. The van der Waals surface area contributed by atoms with Gasteiger partial charge in [0.05, 0.1) is 16.6 Å². The minimum absolute atomic E-state index is 0.0200. The molecule has 0 bridgehead atoms. The van der Waals surface area contributed by atoms with E-state index in [2.05, 4.69) is 5.32 Å². The van der Waals surface area contributed by atoms with Crippen LogP contribution in [0.25, 0.3) is 0 Å². The molecule has 0 aliphatic heterocycles. The first-order valence-corrected chi connectivity index (χ1v) is 8.24. The molecular weight excluding hydrogens is 347 g/mol. The molecule has 0 aliphatic carbocycles. The molecule has 0 spiro atoms. The average Bonchev–Trinajstić information content (AvgIpc) is 2.56. The molecule has 0 saturated heterocycles. The largest absolute Gasteiger partial charge is 0.336 e. The zero-order valence-corrected chi connectivity index (χ0v) is 14.8. The highest BCUT2D eigenvalue weighted by atomic mass is 35.5. The van der Waals surface area contributed by atoms with Crippen molar-refractivity contribution >= 4 is 40.7 Å². The second-order valence-electron chi connectivity index (χ2n) is 5.41. The van der Waals surface area contributed by atoms with Gasteiger partial charge in [0.1, 0.15) is 0 Å². The van der Waals surface area contributed by atoms with Crippen LogP contribution in [0.1, 0.15) is 12.0 Å². The van der Waals surface area contributed by atoms with Gasteiger partial charge in [0, 0.05) is 19.2 Å². The third kappa shape index (κ3) is 5.55. The molecule has 1 N–H and O–H groups in total. The highest BCUT2D eigenvalue weighted by molar-refractivity contribution is 6.42. The van der Waals surface area contributed by atoms with Crippen molar-refractivity contribution in [3.05, 3.63) is 64.1 Å². The van der Waals surface area contributed by atoms with Crippen LogP contribution in [-0.2, 0) is 16.0 Å². The van der Waals surface area contributed by atoms with E-state index in [-0.39, 0.29) is 18.4 Å². The lowest BCUT2D eigenvalue weighted by molar-refractivity contribution is -0.133. The Morgan fingerprint density at radius 2 is 1.75 bits per heavy atom. The number of nitrogens with one attached hydrogen (secondary N) is 1. The summed E-state index contributed by atoms with van der Waals surface area (Å²) in [5.41, 5.74) is 1.64. The quantitative estimate of drug-likeness (QED) is 0.841. The van der Waals surface area contributed by atoms with Crippen LogP contribution in [0.4, 0.5) is 5.69 Å². The smallest absolute Gasteiger partial charge is 0.243 e. The van der Waals surface area contributed by atoms with E-state index in [0.717, 1.165) is 5.56 Å². The number of rotatable bonds is 6. The molecule has 0 heterocycles. The molecule has 0 radical (unpaired) electrons. The minimum atomic E-state index is -0.288. The predicted molar refractivity (Wildman–Crippen MR) is 97.5 cm³/mol. The van der Waals surface area contributed by atoms with Crippen LogP contribution in [-0.4, -0.2) is 30.3 Å². The summed E-state index contributed by atoms with van der Waals surface area (Å²) in [7, 11) is 1.61. The molecule has 0 aromatic heterocycles. The fraction of sp³-hybridized carbons (Fsp3) is 0.222. The van der Waals surface area contributed by atoms with Gasteiger partial charge >= 0.3 is 0 Å². The lowest BCUT2D eigenvalue weighted by atomic mass is 10.1. The van der Waals surface area contributed by atoms with Crippen molar-refractivity contribution in [2.75, 3.05) is 18.9 Å². The van der Waals surface area contributed by atoms with Crippen LogP contribution in [0.5, 0.6) is 0 Å². The fourth-order valence-electron chi connectivity index (χ4n) is 2.16. The Bertz CT molecular complexity index is 720. The van der Waals surface area contributed by atoms with Crippen molar-refractivity contribution in [3.63, 3.8) is 0 Å². The average molecular weight is 365 g/mol. The summed E-state index contributed by atoms with van der Waals surface area (Å²) in [6.45, 7) is -0.0200. The van der Waals surface area contributed by atoms with E-state index >= 15 is 0 Å². The number of hydrogen-bond acceptors (Lipinski definition) is 2. The predicted octanol–water partition coefficient (Wildman–Crippen LogP) is 4.02. The zero-order valence-electron chi connectivity index (χ0n) is 13.3. The van der Waals surface area contributed by atoms with Gasteiger partial charge in [-0.25, -0.2) is 0 Å². The van der Waals surface area contributed by atoms with Crippen LogP contribution in [0.2, 0.25) is 10.0 Å². The molecule has 126 valence electrons. The first-order chi connectivity index (χ1) is 11.5. The zero-order chi connectivity index (χ0) is 17.5. The van der Waals surface area contributed by atoms with E-state index in [9.17, 15) is 9.59 Å². The van der Waals surface area contributed by atoms with Crippen LogP contribution >= 0.6 is 23.2 Å². The highest BCUT2D eigenvalue weighted by Crippen LogP contribution is 2.24. The molecule has 0 aliphatic rings. The normalized spacial score (nSPS) is 10.3. The van der Waals surface area contributed by atoms with Gasteiger partial charge in [-0.05, 0) is 30.2 Å². The van der Waals surface area contributed by atoms with E-state index in [0.29, 0.717) is 28.6 Å². The topological polar surface area (TPSA) is 49.4 Å². The van der Waals surface area contributed by atoms with Crippen molar-refractivity contribution in [1.29, 1.82) is 0 Å². The molecule has 2 aromatic carbocycles. The van der Waals surface area contributed by atoms with Gasteiger partial charge in [-0.15, -0.1) is 0 Å². The molecule has 0 atom stereocenters. The number of carbonyl (C=O) groups is 2. The molecule has 4 nitrogen and oxygen atoms in total. The van der Waals surface area contributed by atoms with Crippen LogP contribution in [0.3, 0.4) is 0 Å². The fourth-order valence-corrected chi connectivity index (χ4v) is 2.46. The van der Waals surface area contributed by atoms with E-state index < -0.39 is 0 Å². The Morgan fingerprint density at radius 3 is 2.42 bits per heavy atom. The van der Waals surface area contributed by atoms with Crippen LogP contribution < -0.4 is 5.32 Å². The molecule has 0 fully saturated rings. The number of hydrogen-bond donors (Lipinski definition) is 1. The maximum absolute atomic E-state index is 12.1. The number of anilines is 1. The van der Waals surface area contributed by atoms with E-state index in [4.69, 9.17) is 23.2 Å². The maximum atomic E-state index is 12.1. The molecular formula is C18H18Cl2N2O2. The molecule has 6 heteroatoms. The number of halogens is 2. The highest BCUT2D eigenvalue weighted by Gasteiger charge is 2.13. The van der Waals surface area contributed by atoms with Crippen molar-refractivity contribution in [2.45, 2.75) is 12.8 Å². The molecule has 2 rings (SSSR count). The summed E-state index contributed by atoms with van der Waals surface area (Å²) in [5, 5.41) is 3.48. The van der Waals surface area contributed by atoms with Crippen LogP contribution in [0.15, 0.2) is 48.5 Å². The third-order valence-corrected chi connectivity index (χ3v) is 4.22. The van der Waals surface area contributed by atoms with Gasteiger partial charge in [-0.3, -0.25) is 9.59 Å². The molecule has 0 unspecified atom stereocenters. The van der Waals surface area contributed by atoms with E-state index in [1.807, 2.05) is 30.3 Å². The second-order valence-corrected chi connectivity index (χ2v) is 6.23. The number of amides is 2. The van der Waals surface area contributed by atoms with Crippen molar-refractivity contribution < 1.29 is 9.59 Å². The van der Waals surface area contributed by atoms with Gasteiger partial charge in [0.25, 0.3) is 0 Å². The van der Waals surface area contributed by atoms with E-state index in [1.54, 1.807) is 25.2 Å². The Hall–Kier alpha value is -2.04. The summed E-state index contributed by atoms with van der Waals surface area (Å²) in [4.78, 5) is 25.5. The second kappa shape index (κ2) is 8.71. The first kappa shape index (κ1) is 18.3. The number of aryl methyl sites for hydroxylation is 1. The first-order valence-electron chi connectivity index (χ1n) is 7.48. The summed E-state index contributed by atoms with van der Waals surface area (Å²) in [6.07, 6.45) is 1.01. The van der Waals surface area contributed by atoms with Gasteiger partial charge in [-0.1, -0.05) is 53.5 Å². The monoisotopic (exact) mass is 364 g/mol. The standard InChI is InChI=1S/C18H18Cl2N2O2/c1-22(18(24)10-7-13-5-3-2-4-6-13)12-17(23)21-14-8-9-15(19)16(20)11-14/h2-6,8-9,11H,7,10,12H2,1H3,(H,21,23). The summed E-state index contributed by atoms with van der Waals surface area (Å²) in [5.74, 6) is -0.368. The number of carbonyl (C=O) groups excluding carboxylic acids is 2. The molecule has 2 aromatic rings. The molecule has 0 saturated carbocycles.